The minimum atomic E-state index is -0.747. The predicted molar refractivity (Wildman–Crippen MR) is 128 cm³/mol. The van der Waals surface area contributed by atoms with Gasteiger partial charge in [-0.1, -0.05) is 64.7 Å². The molecular formula is C26H36N2O4. The first kappa shape index (κ1) is 27.0. The standard InChI is InChI=1S/C26H36N2O4/c1-4-7-9-10-11-17-28(16-8-5-2)24-14-12-22(13-15-24)20-23(21-27)26(30)32-19-18-31-25(29)6-3/h6,12-15,20H,3-5,7-11,16-19H2,1-2H3. The van der Waals surface area contributed by atoms with Gasteiger partial charge in [-0.2, -0.15) is 5.26 Å². The molecule has 0 aromatic heterocycles. The van der Waals surface area contributed by atoms with E-state index in [1.54, 1.807) is 0 Å². The molecule has 0 fully saturated rings. The van der Waals surface area contributed by atoms with Gasteiger partial charge in [0.1, 0.15) is 24.9 Å². The third kappa shape index (κ3) is 10.8. The van der Waals surface area contributed by atoms with Gasteiger partial charge >= 0.3 is 11.9 Å². The van der Waals surface area contributed by atoms with E-state index < -0.39 is 11.9 Å². The van der Waals surface area contributed by atoms with E-state index in [9.17, 15) is 14.9 Å². The van der Waals surface area contributed by atoms with Crippen LogP contribution in [0.2, 0.25) is 0 Å². The third-order valence-electron chi connectivity index (χ3n) is 4.95. The van der Waals surface area contributed by atoms with E-state index in [2.05, 4.69) is 25.3 Å². The number of ether oxygens (including phenoxy) is 2. The lowest BCUT2D eigenvalue weighted by molar-refractivity contribution is -0.146. The highest BCUT2D eigenvalue weighted by Gasteiger charge is 2.12. The summed E-state index contributed by atoms with van der Waals surface area (Å²) in [5.74, 6) is -1.34. The van der Waals surface area contributed by atoms with E-state index in [1.807, 2.05) is 30.3 Å². The number of benzene rings is 1. The summed E-state index contributed by atoms with van der Waals surface area (Å²) in [5, 5.41) is 9.31. The minimum Gasteiger partial charge on any atom is -0.459 e. The third-order valence-corrected chi connectivity index (χ3v) is 4.95. The van der Waals surface area contributed by atoms with E-state index in [-0.39, 0.29) is 18.8 Å². The summed E-state index contributed by atoms with van der Waals surface area (Å²) in [6.45, 7) is 9.54. The topological polar surface area (TPSA) is 79.6 Å². The second-order valence-corrected chi connectivity index (χ2v) is 7.52. The summed E-state index contributed by atoms with van der Waals surface area (Å²) in [6.07, 6.45) is 11.1. The number of hydrogen-bond acceptors (Lipinski definition) is 6. The molecule has 0 amide bonds. The highest BCUT2D eigenvalue weighted by Crippen LogP contribution is 2.19. The quantitative estimate of drug-likeness (QED) is 0.147. The van der Waals surface area contributed by atoms with Crippen LogP contribution in [-0.4, -0.2) is 38.2 Å². The summed E-state index contributed by atoms with van der Waals surface area (Å²) in [5.41, 5.74) is 1.79. The molecular weight excluding hydrogens is 404 g/mol. The first-order valence-corrected chi connectivity index (χ1v) is 11.5. The molecule has 0 saturated heterocycles. The first-order chi connectivity index (χ1) is 15.5. The van der Waals surface area contributed by atoms with E-state index in [1.165, 1.54) is 38.2 Å². The second-order valence-electron chi connectivity index (χ2n) is 7.52. The Bertz CT molecular complexity index is 778. The number of rotatable bonds is 16. The van der Waals surface area contributed by atoms with Crippen molar-refractivity contribution in [1.29, 1.82) is 5.26 Å². The Morgan fingerprint density at radius 1 is 0.969 bits per heavy atom. The fourth-order valence-corrected chi connectivity index (χ4v) is 3.12. The van der Waals surface area contributed by atoms with Gasteiger partial charge < -0.3 is 14.4 Å². The number of carbonyl (C=O) groups excluding carboxylic acids is 2. The van der Waals surface area contributed by atoms with E-state index in [0.717, 1.165) is 43.3 Å². The van der Waals surface area contributed by atoms with Gasteiger partial charge in [-0.05, 0) is 36.6 Å². The molecule has 0 N–H and O–H groups in total. The van der Waals surface area contributed by atoms with Crippen LogP contribution in [0.15, 0.2) is 42.5 Å². The van der Waals surface area contributed by atoms with Crippen LogP contribution in [0.5, 0.6) is 0 Å². The molecule has 0 spiro atoms. The van der Waals surface area contributed by atoms with Gasteiger partial charge in [-0.15, -0.1) is 0 Å². The van der Waals surface area contributed by atoms with E-state index in [0.29, 0.717) is 0 Å². The van der Waals surface area contributed by atoms with Crippen molar-refractivity contribution < 1.29 is 19.1 Å². The van der Waals surface area contributed by atoms with Gasteiger partial charge in [0.05, 0.1) is 0 Å². The maximum Gasteiger partial charge on any atom is 0.349 e. The average Bonchev–Trinajstić information content (AvgIpc) is 2.82. The zero-order valence-corrected chi connectivity index (χ0v) is 19.5. The van der Waals surface area contributed by atoms with Crippen molar-refractivity contribution in [2.45, 2.75) is 58.8 Å². The van der Waals surface area contributed by atoms with Crippen molar-refractivity contribution in [2.24, 2.45) is 0 Å². The zero-order valence-electron chi connectivity index (χ0n) is 19.5. The summed E-state index contributed by atoms with van der Waals surface area (Å²) >= 11 is 0. The van der Waals surface area contributed by atoms with Crippen molar-refractivity contribution in [3.8, 4) is 6.07 Å². The second kappa shape index (κ2) is 16.6. The number of carbonyl (C=O) groups is 2. The fraction of sp³-hybridized carbons (Fsp3) is 0.500. The maximum absolute atomic E-state index is 12.1. The summed E-state index contributed by atoms with van der Waals surface area (Å²) in [7, 11) is 0. The molecule has 0 aliphatic heterocycles. The Kier molecular flexibility index (Phi) is 14.0. The average molecular weight is 441 g/mol. The maximum atomic E-state index is 12.1. The monoisotopic (exact) mass is 440 g/mol. The molecule has 1 aromatic rings. The largest absolute Gasteiger partial charge is 0.459 e. The normalized spacial score (nSPS) is 10.8. The number of nitriles is 1. The molecule has 6 heteroatoms. The molecule has 6 nitrogen and oxygen atoms in total. The predicted octanol–water partition coefficient (Wildman–Crippen LogP) is 5.44. The first-order valence-electron chi connectivity index (χ1n) is 11.5. The molecule has 32 heavy (non-hydrogen) atoms. The van der Waals surface area contributed by atoms with Crippen LogP contribution < -0.4 is 4.90 Å². The van der Waals surface area contributed by atoms with Crippen LogP contribution in [0.3, 0.4) is 0 Å². The Hall–Kier alpha value is -3.07. The van der Waals surface area contributed by atoms with Gasteiger partial charge in [0.2, 0.25) is 0 Å². The van der Waals surface area contributed by atoms with Gasteiger partial charge in [-0.25, -0.2) is 9.59 Å². The lowest BCUT2D eigenvalue weighted by Gasteiger charge is -2.25. The molecule has 1 rings (SSSR count). The molecule has 1 aromatic carbocycles. The zero-order chi connectivity index (χ0) is 23.6. The van der Waals surface area contributed by atoms with Crippen molar-refractivity contribution in [1.82, 2.24) is 0 Å². The highest BCUT2D eigenvalue weighted by molar-refractivity contribution is 5.97. The molecule has 0 saturated carbocycles. The van der Waals surface area contributed by atoms with Gasteiger partial charge in [0.15, 0.2) is 0 Å². The number of unbranched alkanes of at least 4 members (excludes halogenated alkanes) is 5. The SMILES string of the molecule is C=CC(=O)OCCOC(=O)C(C#N)=Cc1ccc(N(CCCC)CCCCCCC)cc1. The molecule has 0 unspecified atom stereocenters. The Morgan fingerprint density at radius 2 is 1.59 bits per heavy atom. The summed E-state index contributed by atoms with van der Waals surface area (Å²) in [6, 6.07) is 9.74. The van der Waals surface area contributed by atoms with Crippen LogP contribution in [0, 0.1) is 11.3 Å². The molecule has 174 valence electrons. The fourth-order valence-electron chi connectivity index (χ4n) is 3.12. The van der Waals surface area contributed by atoms with Gasteiger partial charge in [-0.3, -0.25) is 0 Å². The number of nitrogens with zero attached hydrogens (tertiary/aromatic N) is 2. The molecule has 0 bridgehead atoms. The van der Waals surface area contributed by atoms with Crippen LogP contribution >= 0.6 is 0 Å². The number of esters is 2. The number of hydrogen-bond donors (Lipinski definition) is 0. The lowest BCUT2D eigenvalue weighted by atomic mass is 10.1. The Morgan fingerprint density at radius 3 is 2.22 bits per heavy atom. The Balaban J connectivity index is 2.71. The van der Waals surface area contributed by atoms with Crippen molar-refractivity contribution in [2.75, 3.05) is 31.2 Å². The summed E-state index contributed by atoms with van der Waals surface area (Å²) in [4.78, 5) is 25.5. The van der Waals surface area contributed by atoms with Crippen LogP contribution in [0.1, 0.15) is 64.4 Å². The molecule has 0 atom stereocenters. The lowest BCUT2D eigenvalue weighted by Crippen LogP contribution is -2.25. The summed E-state index contributed by atoms with van der Waals surface area (Å²) < 4.78 is 9.73. The highest BCUT2D eigenvalue weighted by atomic mass is 16.6. The smallest absolute Gasteiger partial charge is 0.349 e. The minimum absolute atomic E-state index is 0.0873. The van der Waals surface area contributed by atoms with Crippen molar-refractivity contribution >= 4 is 23.7 Å². The van der Waals surface area contributed by atoms with Gasteiger partial charge in [0.25, 0.3) is 0 Å². The van der Waals surface area contributed by atoms with Crippen LogP contribution in [0.4, 0.5) is 5.69 Å². The van der Waals surface area contributed by atoms with Crippen LogP contribution in [0.25, 0.3) is 6.08 Å². The Labute approximate surface area is 192 Å². The molecule has 0 radical (unpaired) electrons. The van der Waals surface area contributed by atoms with E-state index >= 15 is 0 Å². The van der Waals surface area contributed by atoms with Crippen molar-refractivity contribution in [3.63, 3.8) is 0 Å². The molecule has 0 aliphatic rings. The van der Waals surface area contributed by atoms with E-state index in [4.69, 9.17) is 9.47 Å². The van der Waals surface area contributed by atoms with Crippen molar-refractivity contribution in [3.05, 3.63) is 48.1 Å². The van der Waals surface area contributed by atoms with Gasteiger partial charge in [0, 0.05) is 24.9 Å². The van der Waals surface area contributed by atoms with Crippen LogP contribution in [-0.2, 0) is 19.1 Å². The molecule has 0 heterocycles. The molecule has 0 aliphatic carbocycles. The number of anilines is 1.